The van der Waals surface area contributed by atoms with Crippen LogP contribution in [0.4, 0.5) is 4.39 Å². The van der Waals surface area contributed by atoms with Crippen molar-refractivity contribution >= 4 is 22.8 Å². The molecule has 8 heteroatoms. The average Bonchev–Trinajstić information content (AvgIpc) is 2.97. The standard InChI is InChI=1S/C19H20FN5OS/c1-4-24(5-2)18(26)15-11(3)23-19-25(17(22)14(10-21)27-19)16(15)12-6-8-13(20)9-7-12/h6-9,16H,4-5,22H2,1-3H3/t16-/m1/s1. The molecule has 0 radical (unpaired) electrons. The lowest BCUT2D eigenvalue weighted by molar-refractivity contribution is -0.127. The quantitative estimate of drug-likeness (QED) is 0.861. The number of amidine groups is 1. The molecule has 0 bridgehead atoms. The van der Waals surface area contributed by atoms with E-state index in [1.165, 1.54) is 23.9 Å². The van der Waals surface area contributed by atoms with E-state index in [-0.39, 0.29) is 17.5 Å². The van der Waals surface area contributed by atoms with Crippen LogP contribution in [0.2, 0.25) is 0 Å². The van der Waals surface area contributed by atoms with E-state index in [0.29, 0.717) is 40.0 Å². The molecule has 0 spiro atoms. The number of nitriles is 1. The number of halogens is 1. The molecule has 0 saturated carbocycles. The number of thioether (sulfide) groups is 1. The summed E-state index contributed by atoms with van der Waals surface area (Å²) in [5, 5.41) is 9.90. The van der Waals surface area contributed by atoms with Crippen molar-refractivity contribution in [3.63, 3.8) is 0 Å². The minimum Gasteiger partial charge on any atom is -0.383 e. The maximum atomic E-state index is 13.5. The fourth-order valence-electron chi connectivity index (χ4n) is 3.26. The molecule has 0 fully saturated rings. The number of fused-ring (bicyclic) bond motifs is 1. The lowest BCUT2D eigenvalue weighted by Crippen LogP contribution is -2.42. The third kappa shape index (κ3) is 3.19. The highest BCUT2D eigenvalue weighted by molar-refractivity contribution is 8.17. The monoisotopic (exact) mass is 385 g/mol. The summed E-state index contributed by atoms with van der Waals surface area (Å²) in [4.78, 5) is 21.5. The molecule has 140 valence electrons. The normalized spacial score (nSPS) is 19.0. The van der Waals surface area contributed by atoms with Gasteiger partial charge in [-0.2, -0.15) is 5.26 Å². The Bertz CT molecular complexity index is 909. The summed E-state index contributed by atoms with van der Waals surface area (Å²) in [6, 6.07) is 7.48. The molecular weight excluding hydrogens is 365 g/mol. The predicted molar refractivity (Wildman–Crippen MR) is 103 cm³/mol. The predicted octanol–water partition coefficient (Wildman–Crippen LogP) is 3.08. The molecule has 1 atom stereocenters. The van der Waals surface area contributed by atoms with Gasteiger partial charge in [0.15, 0.2) is 5.17 Å². The van der Waals surface area contributed by atoms with E-state index in [9.17, 15) is 14.4 Å². The lowest BCUT2D eigenvalue weighted by Gasteiger charge is -2.36. The van der Waals surface area contributed by atoms with Gasteiger partial charge in [-0.15, -0.1) is 0 Å². The van der Waals surface area contributed by atoms with E-state index in [1.54, 1.807) is 28.9 Å². The van der Waals surface area contributed by atoms with Crippen LogP contribution >= 0.6 is 11.8 Å². The van der Waals surface area contributed by atoms with Crippen LogP contribution in [0.15, 0.2) is 51.3 Å². The van der Waals surface area contributed by atoms with E-state index in [4.69, 9.17) is 5.73 Å². The van der Waals surface area contributed by atoms with Crippen molar-refractivity contribution in [3.8, 4) is 6.07 Å². The van der Waals surface area contributed by atoms with Crippen LogP contribution < -0.4 is 5.73 Å². The van der Waals surface area contributed by atoms with Crippen LogP contribution in [0.1, 0.15) is 32.4 Å². The first-order valence-electron chi connectivity index (χ1n) is 8.64. The van der Waals surface area contributed by atoms with Gasteiger partial charge in [0.05, 0.1) is 17.3 Å². The van der Waals surface area contributed by atoms with Crippen molar-refractivity contribution in [2.45, 2.75) is 26.8 Å². The Morgan fingerprint density at radius 1 is 1.37 bits per heavy atom. The number of aliphatic imine (C=N–C) groups is 1. The van der Waals surface area contributed by atoms with Crippen LogP contribution in [0.5, 0.6) is 0 Å². The number of allylic oxidation sites excluding steroid dienone is 2. The average molecular weight is 385 g/mol. The van der Waals surface area contributed by atoms with E-state index >= 15 is 0 Å². The van der Waals surface area contributed by atoms with Crippen molar-refractivity contribution in [3.05, 3.63) is 57.6 Å². The lowest BCUT2D eigenvalue weighted by atomic mass is 9.93. The van der Waals surface area contributed by atoms with Crippen LogP contribution in [0.25, 0.3) is 0 Å². The second kappa shape index (κ2) is 7.45. The van der Waals surface area contributed by atoms with Crippen molar-refractivity contribution in [2.24, 2.45) is 10.7 Å². The van der Waals surface area contributed by atoms with Crippen molar-refractivity contribution in [1.82, 2.24) is 9.80 Å². The number of nitrogens with two attached hydrogens (primary N) is 1. The molecule has 1 amide bonds. The number of carbonyl (C=O) groups is 1. The second-order valence-corrected chi connectivity index (χ2v) is 7.10. The maximum absolute atomic E-state index is 13.5. The second-order valence-electron chi connectivity index (χ2n) is 6.12. The first kappa shape index (κ1) is 19.0. The summed E-state index contributed by atoms with van der Waals surface area (Å²) in [5.41, 5.74) is 7.98. The molecule has 0 unspecified atom stereocenters. The fourth-order valence-corrected chi connectivity index (χ4v) is 4.17. The highest BCUT2D eigenvalue weighted by Crippen LogP contribution is 2.45. The van der Waals surface area contributed by atoms with Crippen LogP contribution in [-0.4, -0.2) is 34.0 Å². The molecule has 1 aromatic rings. The molecule has 3 rings (SSSR count). The number of hydrogen-bond acceptors (Lipinski definition) is 6. The molecule has 0 aromatic heterocycles. The maximum Gasteiger partial charge on any atom is 0.254 e. The molecule has 0 saturated heterocycles. The van der Waals surface area contributed by atoms with Gasteiger partial charge in [-0.3, -0.25) is 9.69 Å². The van der Waals surface area contributed by atoms with E-state index in [0.717, 1.165) is 0 Å². The minimum absolute atomic E-state index is 0.141. The number of amides is 1. The fraction of sp³-hybridized carbons (Fsp3) is 0.316. The molecule has 1 aromatic carbocycles. The molecule has 2 heterocycles. The van der Waals surface area contributed by atoms with Crippen LogP contribution in [0.3, 0.4) is 0 Å². The number of benzene rings is 1. The van der Waals surface area contributed by atoms with Gasteiger partial charge in [0.2, 0.25) is 0 Å². The molecule has 0 aliphatic carbocycles. The summed E-state index contributed by atoms with van der Waals surface area (Å²) in [7, 11) is 0. The zero-order valence-electron chi connectivity index (χ0n) is 15.4. The third-order valence-corrected chi connectivity index (χ3v) is 5.62. The molecule has 6 nitrogen and oxygen atoms in total. The van der Waals surface area contributed by atoms with Crippen molar-refractivity contribution in [2.75, 3.05) is 13.1 Å². The van der Waals surface area contributed by atoms with Gasteiger partial charge in [0.1, 0.15) is 22.6 Å². The molecule has 27 heavy (non-hydrogen) atoms. The zero-order valence-corrected chi connectivity index (χ0v) is 16.2. The minimum atomic E-state index is -0.565. The Labute approximate surface area is 161 Å². The number of likely N-dealkylation sites (N-methyl/N-ethyl adjacent to an activating group) is 1. The highest BCUT2D eigenvalue weighted by Gasteiger charge is 2.42. The van der Waals surface area contributed by atoms with Crippen molar-refractivity contribution < 1.29 is 9.18 Å². The van der Waals surface area contributed by atoms with Gasteiger partial charge in [-0.05, 0) is 50.2 Å². The third-order valence-electron chi connectivity index (χ3n) is 4.64. The molecule has 2 aliphatic rings. The molecule has 2 N–H and O–H groups in total. The Morgan fingerprint density at radius 3 is 2.56 bits per heavy atom. The van der Waals surface area contributed by atoms with Gasteiger partial charge >= 0.3 is 0 Å². The smallest absolute Gasteiger partial charge is 0.254 e. The van der Waals surface area contributed by atoms with Gasteiger partial charge in [0, 0.05) is 13.1 Å². The van der Waals surface area contributed by atoms with E-state index in [1.807, 2.05) is 13.8 Å². The van der Waals surface area contributed by atoms with E-state index in [2.05, 4.69) is 11.1 Å². The first-order chi connectivity index (χ1) is 12.9. The molecular formula is C19H20FN5OS. The number of nitrogens with zero attached hydrogens (tertiary/aromatic N) is 4. The summed E-state index contributed by atoms with van der Waals surface area (Å²) >= 11 is 1.18. The zero-order chi connectivity index (χ0) is 19.7. The van der Waals surface area contributed by atoms with Crippen LogP contribution in [0, 0.1) is 17.1 Å². The van der Waals surface area contributed by atoms with Crippen LogP contribution in [-0.2, 0) is 4.79 Å². The van der Waals surface area contributed by atoms with E-state index < -0.39 is 6.04 Å². The largest absolute Gasteiger partial charge is 0.383 e. The van der Waals surface area contributed by atoms with Gasteiger partial charge in [0.25, 0.3) is 5.91 Å². The summed E-state index contributed by atoms with van der Waals surface area (Å²) < 4.78 is 13.5. The Balaban J connectivity index is 2.19. The van der Waals surface area contributed by atoms with Gasteiger partial charge < -0.3 is 10.6 Å². The highest BCUT2D eigenvalue weighted by atomic mass is 32.2. The van der Waals surface area contributed by atoms with Crippen molar-refractivity contribution in [1.29, 1.82) is 5.26 Å². The topological polar surface area (TPSA) is 85.7 Å². The summed E-state index contributed by atoms with van der Waals surface area (Å²) in [6.07, 6.45) is 0. The first-order valence-corrected chi connectivity index (χ1v) is 9.45. The SMILES string of the molecule is CCN(CC)C(=O)C1=C(C)N=C2SC(C#N)=C(N)N2[C@@H]1c1ccc(F)cc1. The number of rotatable bonds is 4. The van der Waals surface area contributed by atoms with Gasteiger partial charge in [-0.1, -0.05) is 12.1 Å². The molecule has 2 aliphatic heterocycles. The Kier molecular flexibility index (Phi) is 5.24. The summed E-state index contributed by atoms with van der Waals surface area (Å²) in [5.74, 6) is -0.247. The summed E-state index contributed by atoms with van der Waals surface area (Å²) in [6.45, 7) is 6.72. The Morgan fingerprint density at radius 2 is 2.00 bits per heavy atom. The number of hydrogen-bond donors (Lipinski definition) is 1. The Hall–Kier alpha value is -2.79. The van der Waals surface area contributed by atoms with Gasteiger partial charge in [-0.25, -0.2) is 9.38 Å². The number of carbonyl (C=O) groups excluding carboxylic acids is 1.